The molecule has 0 saturated carbocycles. The van der Waals surface area contributed by atoms with Crippen LogP contribution in [0, 0.1) is 17.0 Å². The first-order valence-electron chi connectivity index (χ1n) is 6.16. The third kappa shape index (κ3) is 2.54. The van der Waals surface area contributed by atoms with E-state index in [9.17, 15) is 14.9 Å². The summed E-state index contributed by atoms with van der Waals surface area (Å²) in [5.41, 5.74) is 1.71. The molecular formula is C14H14N2O4. The van der Waals surface area contributed by atoms with E-state index in [0.29, 0.717) is 6.54 Å². The van der Waals surface area contributed by atoms with Crippen molar-refractivity contribution in [2.45, 2.75) is 13.8 Å². The Morgan fingerprint density at radius 1 is 1.30 bits per heavy atom. The highest BCUT2D eigenvalue weighted by atomic mass is 16.6. The monoisotopic (exact) mass is 274 g/mol. The summed E-state index contributed by atoms with van der Waals surface area (Å²) in [6, 6.07) is 9.95. The first-order chi connectivity index (χ1) is 9.54. The molecule has 0 saturated heterocycles. The van der Waals surface area contributed by atoms with Crippen molar-refractivity contribution in [3.8, 4) is 0 Å². The van der Waals surface area contributed by atoms with Gasteiger partial charge in [-0.25, -0.2) is 0 Å². The third-order valence-electron chi connectivity index (χ3n) is 2.95. The fourth-order valence-corrected chi connectivity index (χ4v) is 1.96. The number of rotatable bonds is 4. The van der Waals surface area contributed by atoms with Crippen LogP contribution in [0.4, 0.5) is 11.6 Å². The normalized spacial score (nSPS) is 10.3. The van der Waals surface area contributed by atoms with Crippen molar-refractivity contribution in [3.05, 3.63) is 57.8 Å². The molecule has 6 heteroatoms. The smallest absolute Gasteiger partial charge is 0.395 e. The minimum absolute atomic E-state index is 0.0400. The second-order valence-corrected chi connectivity index (χ2v) is 4.23. The van der Waals surface area contributed by atoms with Crippen LogP contribution in [-0.4, -0.2) is 17.4 Å². The van der Waals surface area contributed by atoms with Crippen molar-refractivity contribution >= 4 is 17.5 Å². The lowest BCUT2D eigenvalue weighted by molar-refractivity contribution is -0.402. The number of amides is 1. The summed E-state index contributed by atoms with van der Waals surface area (Å²) in [7, 11) is 0. The van der Waals surface area contributed by atoms with E-state index in [1.54, 1.807) is 0 Å². The number of nitro groups is 1. The molecule has 1 amide bonds. The molecule has 0 spiro atoms. The van der Waals surface area contributed by atoms with Crippen LogP contribution in [0.3, 0.4) is 0 Å². The number of furan rings is 1. The van der Waals surface area contributed by atoms with E-state index in [-0.39, 0.29) is 5.76 Å². The predicted molar refractivity (Wildman–Crippen MR) is 73.9 cm³/mol. The average molecular weight is 274 g/mol. The second kappa shape index (κ2) is 5.56. The molecule has 0 radical (unpaired) electrons. The van der Waals surface area contributed by atoms with Gasteiger partial charge in [0.15, 0.2) is 5.76 Å². The minimum Gasteiger partial charge on any atom is -0.395 e. The van der Waals surface area contributed by atoms with Gasteiger partial charge >= 0.3 is 5.88 Å². The number of anilines is 1. The molecule has 0 unspecified atom stereocenters. The minimum atomic E-state index is -0.666. The fraction of sp³-hybridized carbons (Fsp3) is 0.214. The summed E-state index contributed by atoms with van der Waals surface area (Å²) in [5, 5.41) is 10.6. The summed E-state index contributed by atoms with van der Waals surface area (Å²) in [6.45, 7) is 4.18. The molecule has 0 N–H and O–H groups in total. The van der Waals surface area contributed by atoms with Crippen LogP contribution in [0.15, 0.2) is 40.8 Å². The number of para-hydroxylation sites is 1. The molecule has 0 fully saturated rings. The zero-order valence-electron chi connectivity index (χ0n) is 11.2. The van der Waals surface area contributed by atoms with Crippen molar-refractivity contribution < 1.29 is 14.1 Å². The molecular weight excluding hydrogens is 260 g/mol. The third-order valence-corrected chi connectivity index (χ3v) is 2.95. The van der Waals surface area contributed by atoms with Gasteiger partial charge in [-0.1, -0.05) is 18.2 Å². The standard InChI is InChI=1S/C14H14N2O4/c1-3-15(11-7-5-4-6-10(11)2)14(17)12-8-9-13(20-12)16(18)19/h4-9H,3H2,1-2H3. The summed E-state index contributed by atoms with van der Waals surface area (Å²) in [5.74, 6) is -0.870. The van der Waals surface area contributed by atoms with Crippen molar-refractivity contribution in [3.63, 3.8) is 0 Å². The number of carbonyl (C=O) groups is 1. The van der Waals surface area contributed by atoms with Crippen LogP contribution < -0.4 is 4.90 Å². The average Bonchev–Trinajstić information content (AvgIpc) is 2.91. The molecule has 6 nitrogen and oxygen atoms in total. The lowest BCUT2D eigenvalue weighted by atomic mass is 10.1. The van der Waals surface area contributed by atoms with Gasteiger partial charge in [-0.05, 0) is 31.5 Å². The van der Waals surface area contributed by atoms with Crippen LogP contribution in [0.2, 0.25) is 0 Å². The first-order valence-corrected chi connectivity index (χ1v) is 6.16. The van der Waals surface area contributed by atoms with Gasteiger partial charge in [0, 0.05) is 12.2 Å². The molecule has 1 heterocycles. The first kappa shape index (κ1) is 13.8. The van der Waals surface area contributed by atoms with Gasteiger partial charge in [-0.3, -0.25) is 14.9 Å². The van der Waals surface area contributed by atoms with Gasteiger partial charge in [-0.15, -0.1) is 0 Å². The zero-order chi connectivity index (χ0) is 14.7. The van der Waals surface area contributed by atoms with E-state index < -0.39 is 16.7 Å². The summed E-state index contributed by atoms with van der Waals surface area (Å²) < 4.78 is 4.96. The van der Waals surface area contributed by atoms with Gasteiger partial charge in [0.05, 0.1) is 6.07 Å². The van der Waals surface area contributed by atoms with Crippen molar-refractivity contribution in [1.29, 1.82) is 0 Å². The molecule has 1 aromatic carbocycles. The number of benzene rings is 1. The Kier molecular flexibility index (Phi) is 3.84. The highest BCUT2D eigenvalue weighted by Gasteiger charge is 2.23. The largest absolute Gasteiger partial charge is 0.433 e. The summed E-state index contributed by atoms with van der Waals surface area (Å²) >= 11 is 0. The van der Waals surface area contributed by atoms with Crippen LogP contribution >= 0.6 is 0 Å². The van der Waals surface area contributed by atoms with E-state index in [1.807, 2.05) is 38.1 Å². The maximum atomic E-state index is 12.4. The molecule has 0 bridgehead atoms. The van der Waals surface area contributed by atoms with Crippen LogP contribution in [-0.2, 0) is 0 Å². The number of carbonyl (C=O) groups excluding carboxylic acids is 1. The lowest BCUT2D eigenvalue weighted by Gasteiger charge is -2.21. The fourth-order valence-electron chi connectivity index (χ4n) is 1.96. The maximum Gasteiger partial charge on any atom is 0.433 e. The molecule has 1 aromatic heterocycles. The molecule has 0 aliphatic rings. The van der Waals surface area contributed by atoms with Crippen molar-refractivity contribution in [2.75, 3.05) is 11.4 Å². The molecule has 0 aliphatic carbocycles. The SMILES string of the molecule is CCN(C(=O)c1ccc([N+](=O)[O-])o1)c1ccccc1C. The predicted octanol–water partition coefficient (Wildman–Crippen LogP) is 3.16. The van der Waals surface area contributed by atoms with Crippen LogP contribution in [0.1, 0.15) is 23.0 Å². The topological polar surface area (TPSA) is 76.6 Å². The Balaban J connectivity index is 2.34. The van der Waals surface area contributed by atoms with Crippen LogP contribution in [0.5, 0.6) is 0 Å². The Bertz CT molecular complexity index is 648. The van der Waals surface area contributed by atoms with Gasteiger partial charge < -0.3 is 9.32 Å². The Hall–Kier alpha value is -2.63. The number of nitrogens with zero attached hydrogens (tertiary/aromatic N) is 2. The highest BCUT2D eigenvalue weighted by Crippen LogP contribution is 2.23. The molecule has 104 valence electrons. The van der Waals surface area contributed by atoms with Gasteiger partial charge in [-0.2, -0.15) is 0 Å². The Morgan fingerprint density at radius 2 is 2.00 bits per heavy atom. The summed E-state index contributed by atoms with van der Waals surface area (Å²) in [4.78, 5) is 23.8. The summed E-state index contributed by atoms with van der Waals surface area (Å²) in [6.07, 6.45) is 0. The quantitative estimate of drug-likeness (QED) is 0.633. The highest BCUT2D eigenvalue weighted by molar-refractivity contribution is 6.04. The van der Waals surface area contributed by atoms with E-state index >= 15 is 0 Å². The molecule has 2 aromatic rings. The number of aryl methyl sites for hydroxylation is 1. The second-order valence-electron chi connectivity index (χ2n) is 4.23. The zero-order valence-corrected chi connectivity index (χ0v) is 11.2. The van der Waals surface area contributed by atoms with Crippen molar-refractivity contribution in [2.24, 2.45) is 0 Å². The van der Waals surface area contributed by atoms with E-state index in [1.165, 1.54) is 17.0 Å². The van der Waals surface area contributed by atoms with Crippen LogP contribution in [0.25, 0.3) is 0 Å². The lowest BCUT2D eigenvalue weighted by Crippen LogP contribution is -2.30. The van der Waals surface area contributed by atoms with Gasteiger partial charge in [0.2, 0.25) is 0 Å². The van der Waals surface area contributed by atoms with Gasteiger partial charge in [0.1, 0.15) is 4.92 Å². The molecule has 0 atom stereocenters. The van der Waals surface area contributed by atoms with E-state index in [0.717, 1.165) is 11.3 Å². The number of hydrogen-bond donors (Lipinski definition) is 0. The Morgan fingerprint density at radius 3 is 2.55 bits per heavy atom. The van der Waals surface area contributed by atoms with Crippen molar-refractivity contribution in [1.82, 2.24) is 0 Å². The molecule has 20 heavy (non-hydrogen) atoms. The molecule has 2 rings (SSSR count). The van der Waals surface area contributed by atoms with E-state index in [2.05, 4.69) is 0 Å². The Labute approximate surface area is 115 Å². The number of hydrogen-bond acceptors (Lipinski definition) is 4. The maximum absolute atomic E-state index is 12.4. The molecule has 0 aliphatic heterocycles. The van der Waals surface area contributed by atoms with E-state index in [4.69, 9.17) is 4.42 Å². The van der Waals surface area contributed by atoms with Gasteiger partial charge in [0.25, 0.3) is 5.91 Å².